The van der Waals surface area contributed by atoms with E-state index in [4.69, 9.17) is 37.0 Å². The van der Waals surface area contributed by atoms with Crippen molar-refractivity contribution in [1.29, 1.82) is 0 Å². The summed E-state index contributed by atoms with van der Waals surface area (Å²) in [5.74, 6) is -2.21. The highest BCUT2D eigenvalue weighted by atomic mass is 31.2. The number of phosphoric ester groups is 2. The molecule has 0 aliphatic carbocycles. The molecule has 0 aliphatic rings. The van der Waals surface area contributed by atoms with Crippen LogP contribution < -0.4 is 0 Å². The van der Waals surface area contributed by atoms with Gasteiger partial charge in [-0.15, -0.1) is 0 Å². The van der Waals surface area contributed by atoms with E-state index in [9.17, 15) is 43.2 Å². The second-order valence-corrected chi connectivity index (χ2v) is 29.2. The van der Waals surface area contributed by atoms with E-state index >= 15 is 0 Å². The number of allylic oxidation sites excluding steroid dienone is 16. The molecule has 0 saturated heterocycles. The van der Waals surface area contributed by atoms with E-state index in [1.54, 1.807) is 0 Å². The van der Waals surface area contributed by atoms with Gasteiger partial charge in [0.15, 0.2) is 12.2 Å². The third kappa shape index (κ3) is 72.3. The van der Waals surface area contributed by atoms with Crippen molar-refractivity contribution < 1.29 is 80.2 Å². The fraction of sp³-hybridized carbons (Fsp3) is 0.753. The molecule has 0 aliphatic heterocycles. The molecular formula is C81H142O17P2. The first-order valence-corrected chi connectivity index (χ1v) is 42.5. The minimum absolute atomic E-state index is 0.0807. The Kier molecular flexibility index (Phi) is 70.4. The van der Waals surface area contributed by atoms with Gasteiger partial charge in [-0.05, 0) is 141 Å². The van der Waals surface area contributed by atoms with Gasteiger partial charge in [0.25, 0.3) is 0 Å². The molecule has 0 bridgehead atoms. The van der Waals surface area contributed by atoms with E-state index in [0.717, 1.165) is 186 Å². The predicted molar refractivity (Wildman–Crippen MR) is 409 cm³/mol. The first-order valence-electron chi connectivity index (χ1n) is 39.5. The van der Waals surface area contributed by atoms with Crippen LogP contribution in [0.4, 0.5) is 0 Å². The molecule has 100 heavy (non-hydrogen) atoms. The number of aliphatic hydroxyl groups is 1. The van der Waals surface area contributed by atoms with Crippen molar-refractivity contribution in [1.82, 2.24) is 0 Å². The molecule has 5 unspecified atom stereocenters. The Morgan fingerprint density at radius 3 is 0.860 bits per heavy atom. The molecule has 0 rings (SSSR count). The lowest BCUT2D eigenvalue weighted by Gasteiger charge is -2.21. The maximum Gasteiger partial charge on any atom is 0.472 e. The van der Waals surface area contributed by atoms with Gasteiger partial charge in [0.1, 0.15) is 19.3 Å². The number of aliphatic hydroxyl groups excluding tert-OH is 1. The molecule has 17 nitrogen and oxygen atoms in total. The molecule has 5 atom stereocenters. The van der Waals surface area contributed by atoms with E-state index in [-0.39, 0.29) is 25.7 Å². The number of phosphoric acid groups is 2. The van der Waals surface area contributed by atoms with Gasteiger partial charge in [-0.1, -0.05) is 266 Å². The second-order valence-electron chi connectivity index (χ2n) is 26.3. The van der Waals surface area contributed by atoms with Crippen LogP contribution in [0.1, 0.15) is 336 Å². The topological polar surface area (TPSA) is 237 Å². The number of rotatable bonds is 74. The number of ether oxygens (including phenoxy) is 4. The normalized spacial score (nSPS) is 14.4. The van der Waals surface area contributed by atoms with Crippen LogP contribution in [0.5, 0.6) is 0 Å². The van der Waals surface area contributed by atoms with Crippen molar-refractivity contribution in [2.75, 3.05) is 39.6 Å². The summed E-state index contributed by atoms with van der Waals surface area (Å²) in [7, 11) is -9.96. The Hall–Kier alpha value is -4.02. The van der Waals surface area contributed by atoms with Crippen molar-refractivity contribution in [2.45, 2.75) is 354 Å². The number of carbonyl (C=O) groups excluding carboxylic acids is 4. The third-order valence-corrected chi connectivity index (χ3v) is 18.4. The van der Waals surface area contributed by atoms with Crippen LogP contribution in [0.3, 0.4) is 0 Å². The van der Waals surface area contributed by atoms with Gasteiger partial charge in [0, 0.05) is 25.7 Å². The quantitative estimate of drug-likeness (QED) is 0.0169. The van der Waals surface area contributed by atoms with Gasteiger partial charge in [-0.2, -0.15) is 0 Å². The van der Waals surface area contributed by atoms with E-state index in [1.165, 1.54) is 70.6 Å². The highest BCUT2D eigenvalue weighted by Gasteiger charge is 2.30. The Balaban J connectivity index is 5.33. The van der Waals surface area contributed by atoms with Crippen molar-refractivity contribution in [3.63, 3.8) is 0 Å². The summed E-state index contributed by atoms with van der Waals surface area (Å²) in [4.78, 5) is 72.9. The molecule has 0 heterocycles. The first-order chi connectivity index (χ1) is 48.7. The number of carbonyl (C=O) groups is 4. The fourth-order valence-corrected chi connectivity index (χ4v) is 12.0. The average Bonchev–Trinajstić information content (AvgIpc) is 0.953. The maximum absolute atomic E-state index is 13.1. The molecule has 3 N–H and O–H groups in total. The predicted octanol–water partition coefficient (Wildman–Crippen LogP) is 22.8. The zero-order chi connectivity index (χ0) is 73.2. The molecule has 0 spiro atoms. The molecule has 0 aromatic carbocycles. The summed E-state index contributed by atoms with van der Waals surface area (Å²) in [6.07, 6.45) is 76.7. The lowest BCUT2D eigenvalue weighted by Crippen LogP contribution is -2.30. The van der Waals surface area contributed by atoms with Crippen LogP contribution in [0.2, 0.25) is 0 Å². The van der Waals surface area contributed by atoms with E-state index in [2.05, 4.69) is 125 Å². The highest BCUT2D eigenvalue weighted by Crippen LogP contribution is 2.45. The minimum atomic E-state index is -4.98. The fourth-order valence-electron chi connectivity index (χ4n) is 10.5. The van der Waals surface area contributed by atoms with Crippen molar-refractivity contribution in [2.24, 2.45) is 0 Å². The molecule has 0 fully saturated rings. The lowest BCUT2D eigenvalue weighted by molar-refractivity contribution is -0.161. The summed E-state index contributed by atoms with van der Waals surface area (Å²) in [5, 5.41) is 10.6. The zero-order valence-corrected chi connectivity index (χ0v) is 64.9. The van der Waals surface area contributed by atoms with Crippen LogP contribution in [0.25, 0.3) is 0 Å². The highest BCUT2D eigenvalue weighted by molar-refractivity contribution is 7.47. The Morgan fingerprint density at radius 1 is 0.290 bits per heavy atom. The van der Waals surface area contributed by atoms with Gasteiger partial charge in [0.05, 0.1) is 26.4 Å². The van der Waals surface area contributed by atoms with Crippen LogP contribution in [0.15, 0.2) is 97.2 Å². The minimum Gasteiger partial charge on any atom is -0.462 e. The third-order valence-electron chi connectivity index (χ3n) is 16.5. The molecule has 0 saturated carbocycles. The van der Waals surface area contributed by atoms with E-state index < -0.39 is 97.5 Å². The number of unbranched alkanes of at least 4 members (excludes halogenated alkanes) is 32. The van der Waals surface area contributed by atoms with Gasteiger partial charge < -0.3 is 33.8 Å². The van der Waals surface area contributed by atoms with Crippen LogP contribution in [0, 0.1) is 0 Å². The Bertz CT molecular complexity index is 2270. The van der Waals surface area contributed by atoms with Crippen molar-refractivity contribution in [3.05, 3.63) is 97.2 Å². The van der Waals surface area contributed by atoms with Gasteiger partial charge in [0.2, 0.25) is 0 Å². The number of hydrogen-bond donors (Lipinski definition) is 3. The summed E-state index contributed by atoms with van der Waals surface area (Å²) < 4.78 is 68.5. The SMILES string of the molecule is CC/C=C\C/C=C\C/C=C\C/C=C\CCCCCCCCC(=O)OCC(COP(=O)(O)OCC(O)COP(=O)(O)OCC(COC(=O)CCCCCCC/C=C\C/C=C\CCCCC)OC(=O)CCCCCCC/C=C\CCCCCCCC)OC(=O)CCCCCCC/C=C\CCCC. The smallest absolute Gasteiger partial charge is 0.462 e. The molecule has 578 valence electrons. The Morgan fingerprint density at radius 2 is 0.530 bits per heavy atom. The number of esters is 4. The second kappa shape index (κ2) is 73.3. The van der Waals surface area contributed by atoms with Gasteiger partial charge >= 0.3 is 39.5 Å². The van der Waals surface area contributed by atoms with Crippen LogP contribution in [-0.4, -0.2) is 96.7 Å². The van der Waals surface area contributed by atoms with Gasteiger partial charge in [-0.3, -0.25) is 37.3 Å². The standard InChI is InChI=1S/C81H142O17P2/c1-5-9-13-17-21-25-29-32-35-36-37-38-41-43-47-50-54-58-62-66-79(84)91-71-76(97-80(85)67-63-59-55-51-45-28-24-20-16-12-8-4)73-95-99(87,88)93-69-75(82)70-94-100(89,90)96-74-77(98-81(86)68-64-60-56-52-48-44-40-34-31-27-23-19-15-11-7-3)72-92-78(83)65-61-57-53-49-46-42-39-33-30-26-22-18-14-10-6-2/h9,13,20-22,24-26,32-35,37-40,75-77,82H,5-8,10-12,14-19,23,27-31,36,41-74H2,1-4H3,(H,87,88)(H,89,90)/b13-9-,24-20-,25-21-,26-22-,35-32-,38-37-,39-33-,40-34-. The summed E-state index contributed by atoms with van der Waals surface area (Å²) in [6, 6.07) is 0. The van der Waals surface area contributed by atoms with Gasteiger partial charge in [-0.25, -0.2) is 9.13 Å². The Labute approximate surface area is 607 Å². The first kappa shape index (κ1) is 96.0. The van der Waals surface area contributed by atoms with Crippen molar-refractivity contribution >= 4 is 39.5 Å². The van der Waals surface area contributed by atoms with E-state index in [1.807, 2.05) is 0 Å². The van der Waals surface area contributed by atoms with Crippen molar-refractivity contribution in [3.8, 4) is 0 Å². The van der Waals surface area contributed by atoms with Crippen LogP contribution >= 0.6 is 15.6 Å². The molecule has 0 radical (unpaired) electrons. The van der Waals surface area contributed by atoms with Crippen LogP contribution in [-0.2, 0) is 65.4 Å². The summed E-state index contributed by atoms with van der Waals surface area (Å²) in [6.45, 7) is 4.67. The summed E-state index contributed by atoms with van der Waals surface area (Å²) >= 11 is 0. The molecule has 0 aromatic rings. The summed E-state index contributed by atoms with van der Waals surface area (Å²) in [5.41, 5.74) is 0. The van der Waals surface area contributed by atoms with E-state index in [0.29, 0.717) is 25.7 Å². The maximum atomic E-state index is 13.1. The number of hydrogen-bond acceptors (Lipinski definition) is 15. The largest absolute Gasteiger partial charge is 0.472 e. The lowest BCUT2D eigenvalue weighted by atomic mass is 10.1. The molecule has 0 amide bonds. The zero-order valence-electron chi connectivity index (χ0n) is 63.1. The molecular weight excluding hydrogens is 1310 g/mol. The molecule has 0 aromatic heterocycles. The average molecular weight is 1450 g/mol. The molecule has 19 heteroatoms. The monoisotopic (exact) mass is 1450 g/mol.